The Morgan fingerprint density at radius 2 is 2.03 bits per heavy atom. The average molecular weight is 497 g/mol. The maximum Gasteiger partial charge on any atom is 0.298 e. The molecule has 0 bridgehead atoms. The highest BCUT2D eigenvalue weighted by Gasteiger charge is 2.24. The van der Waals surface area contributed by atoms with E-state index in [0.29, 0.717) is 40.8 Å². The molecule has 0 aliphatic carbocycles. The summed E-state index contributed by atoms with van der Waals surface area (Å²) in [6.07, 6.45) is 1.90. The first-order chi connectivity index (χ1) is 16.6. The van der Waals surface area contributed by atoms with Crippen LogP contribution in [0.25, 0.3) is 16.2 Å². The van der Waals surface area contributed by atoms with Gasteiger partial charge >= 0.3 is 0 Å². The van der Waals surface area contributed by atoms with Gasteiger partial charge in [-0.3, -0.25) is 9.20 Å². The Bertz CT molecular complexity index is 1490. The average Bonchev–Trinajstić information content (AvgIpc) is 3.34. The Balaban J connectivity index is 1.46. The van der Waals surface area contributed by atoms with E-state index < -0.39 is 23.1 Å². The molecule has 3 heterocycles. The molecule has 1 N–H and O–H groups in total. The molecule has 5 rings (SSSR count). The molecule has 4 aromatic rings. The number of hydrogen-bond donors (Lipinski definition) is 1. The first kappa shape index (κ1) is 23.1. The van der Waals surface area contributed by atoms with Gasteiger partial charge in [0.05, 0.1) is 23.6 Å². The van der Waals surface area contributed by atoms with Crippen LogP contribution in [-0.2, 0) is 5.60 Å². The number of amidine groups is 1. The molecule has 35 heavy (non-hydrogen) atoms. The van der Waals surface area contributed by atoms with E-state index in [0.717, 1.165) is 11.8 Å². The van der Waals surface area contributed by atoms with Crippen LogP contribution in [0.1, 0.15) is 36.3 Å². The smallest absolute Gasteiger partial charge is 0.298 e. The fourth-order valence-electron chi connectivity index (χ4n) is 3.93. The van der Waals surface area contributed by atoms with Crippen LogP contribution in [-0.4, -0.2) is 39.9 Å². The van der Waals surface area contributed by atoms with Crippen molar-refractivity contribution in [3.05, 3.63) is 70.9 Å². The standard InChI is InChI=1S/C25H22F2N4O3S/c1-25(2,33)14-4-7-19-21(10-14)34-9-8-22(30(19)3)29-23(32)18-12-31-20(13-35-24(31)28-18)16-6-5-15(26)11-17(16)27/h4-7,10-13,33H,8-9H2,1-3H3/b29-22+. The number of anilines is 1. The molecule has 1 aliphatic heterocycles. The zero-order chi connectivity index (χ0) is 24.9. The largest absolute Gasteiger partial charge is 0.491 e. The maximum atomic E-state index is 14.3. The highest BCUT2D eigenvalue weighted by Crippen LogP contribution is 2.35. The van der Waals surface area contributed by atoms with Crippen molar-refractivity contribution in [2.24, 2.45) is 4.99 Å². The SMILES string of the molecule is CN1/C(=N/C(=O)c2cn3c(-c4ccc(F)cc4F)csc3n2)CCOc2cc(C(C)(C)O)ccc21. The number of carbonyl (C=O) groups excluding carboxylic acids is 1. The second kappa shape index (κ2) is 8.54. The van der Waals surface area contributed by atoms with Crippen molar-refractivity contribution in [1.29, 1.82) is 0 Å². The lowest BCUT2D eigenvalue weighted by Gasteiger charge is -2.23. The summed E-state index contributed by atoms with van der Waals surface area (Å²) in [7, 11) is 1.80. The molecule has 0 fully saturated rings. The Kier molecular flexibility index (Phi) is 5.65. The second-order valence-electron chi connectivity index (χ2n) is 8.76. The molecule has 0 radical (unpaired) electrons. The van der Waals surface area contributed by atoms with E-state index in [1.54, 1.807) is 41.6 Å². The second-order valence-corrected chi connectivity index (χ2v) is 9.59. The quantitative estimate of drug-likeness (QED) is 0.431. The number of aliphatic hydroxyl groups is 1. The lowest BCUT2D eigenvalue weighted by molar-refractivity contribution is 0.0782. The zero-order valence-electron chi connectivity index (χ0n) is 19.2. The predicted octanol–water partition coefficient (Wildman–Crippen LogP) is 5.03. The van der Waals surface area contributed by atoms with Crippen LogP contribution < -0.4 is 9.64 Å². The number of ether oxygens (including phenoxy) is 1. The van der Waals surface area contributed by atoms with Crippen molar-refractivity contribution in [3.63, 3.8) is 0 Å². The van der Waals surface area contributed by atoms with E-state index in [1.807, 2.05) is 12.1 Å². The van der Waals surface area contributed by atoms with E-state index in [-0.39, 0.29) is 11.3 Å². The van der Waals surface area contributed by atoms with Crippen LogP contribution in [0, 0.1) is 11.6 Å². The minimum Gasteiger partial charge on any atom is -0.491 e. The molecule has 180 valence electrons. The van der Waals surface area contributed by atoms with Crippen LogP contribution in [0.5, 0.6) is 5.75 Å². The number of imidazole rings is 1. The van der Waals surface area contributed by atoms with Crippen LogP contribution in [0.3, 0.4) is 0 Å². The van der Waals surface area contributed by atoms with Gasteiger partial charge in [0.1, 0.15) is 23.2 Å². The highest BCUT2D eigenvalue weighted by atomic mass is 32.1. The van der Waals surface area contributed by atoms with Gasteiger partial charge in [0.2, 0.25) is 0 Å². The summed E-state index contributed by atoms with van der Waals surface area (Å²) in [5, 5.41) is 12.0. The summed E-state index contributed by atoms with van der Waals surface area (Å²) in [6.45, 7) is 3.71. The van der Waals surface area contributed by atoms with Gasteiger partial charge in [0.25, 0.3) is 5.91 Å². The van der Waals surface area contributed by atoms with Crippen molar-refractivity contribution in [2.45, 2.75) is 25.9 Å². The van der Waals surface area contributed by atoms with Gasteiger partial charge in [-0.25, -0.2) is 13.8 Å². The fraction of sp³-hybridized carbons (Fsp3) is 0.240. The highest BCUT2D eigenvalue weighted by molar-refractivity contribution is 7.15. The van der Waals surface area contributed by atoms with E-state index >= 15 is 0 Å². The summed E-state index contributed by atoms with van der Waals surface area (Å²) < 4.78 is 35.1. The van der Waals surface area contributed by atoms with Gasteiger partial charge in [-0.15, -0.1) is 11.3 Å². The first-order valence-electron chi connectivity index (χ1n) is 10.9. The van der Waals surface area contributed by atoms with Gasteiger partial charge in [-0.1, -0.05) is 6.07 Å². The third kappa shape index (κ3) is 4.30. The number of rotatable bonds is 3. The molecule has 0 saturated carbocycles. The van der Waals surface area contributed by atoms with Crippen molar-refractivity contribution in [2.75, 3.05) is 18.6 Å². The molecule has 0 saturated heterocycles. The number of aromatic nitrogens is 2. The Morgan fingerprint density at radius 1 is 1.23 bits per heavy atom. The van der Waals surface area contributed by atoms with Gasteiger partial charge in [-0.05, 0) is 43.7 Å². The number of halogens is 2. The summed E-state index contributed by atoms with van der Waals surface area (Å²) in [5.41, 5.74) is 1.22. The zero-order valence-corrected chi connectivity index (χ0v) is 20.1. The van der Waals surface area contributed by atoms with Crippen molar-refractivity contribution < 1.29 is 23.4 Å². The molecule has 2 aromatic heterocycles. The normalized spacial score (nSPS) is 15.3. The molecule has 10 heteroatoms. The third-order valence-electron chi connectivity index (χ3n) is 5.86. The van der Waals surface area contributed by atoms with Gasteiger partial charge in [-0.2, -0.15) is 4.99 Å². The minimum absolute atomic E-state index is 0.115. The summed E-state index contributed by atoms with van der Waals surface area (Å²) in [4.78, 5) is 23.9. The van der Waals surface area contributed by atoms with Crippen LogP contribution in [0.15, 0.2) is 53.0 Å². The van der Waals surface area contributed by atoms with Crippen molar-refractivity contribution in [3.8, 4) is 17.0 Å². The van der Waals surface area contributed by atoms with Gasteiger partial charge in [0, 0.05) is 36.7 Å². The Hall–Kier alpha value is -3.63. The molecule has 1 aliphatic rings. The van der Waals surface area contributed by atoms with Gasteiger partial charge in [0.15, 0.2) is 10.7 Å². The van der Waals surface area contributed by atoms with Crippen molar-refractivity contribution >= 4 is 33.7 Å². The molecular weight excluding hydrogens is 474 g/mol. The molecule has 1 amide bonds. The summed E-state index contributed by atoms with van der Waals surface area (Å²) in [5.74, 6) is -0.795. The van der Waals surface area contributed by atoms with Crippen LogP contribution in [0.4, 0.5) is 14.5 Å². The minimum atomic E-state index is -1.01. The Morgan fingerprint density at radius 3 is 2.77 bits per heavy atom. The van der Waals surface area contributed by atoms with Crippen LogP contribution in [0.2, 0.25) is 0 Å². The first-order valence-corrected chi connectivity index (χ1v) is 11.8. The number of carbonyl (C=O) groups is 1. The number of thiazole rings is 1. The molecule has 0 spiro atoms. The van der Waals surface area contributed by atoms with E-state index in [1.165, 1.54) is 29.7 Å². The Labute approximate surface area is 203 Å². The number of fused-ring (bicyclic) bond motifs is 2. The lowest BCUT2D eigenvalue weighted by Crippen LogP contribution is -2.27. The van der Waals surface area contributed by atoms with Gasteiger partial charge < -0.3 is 14.7 Å². The molecule has 0 atom stereocenters. The number of nitrogens with zero attached hydrogens (tertiary/aromatic N) is 4. The molecule has 7 nitrogen and oxygen atoms in total. The third-order valence-corrected chi connectivity index (χ3v) is 6.70. The van der Waals surface area contributed by atoms with E-state index in [2.05, 4.69) is 9.98 Å². The number of hydrogen-bond acceptors (Lipinski definition) is 5. The van der Waals surface area contributed by atoms with E-state index in [4.69, 9.17) is 4.74 Å². The summed E-state index contributed by atoms with van der Waals surface area (Å²) in [6, 6.07) is 8.78. The molecular formula is C25H22F2N4O3S. The number of benzene rings is 2. The number of amides is 1. The van der Waals surface area contributed by atoms with Crippen molar-refractivity contribution in [1.82, 2.24) is 9.38 Å². The van der Waals surface area contributed by atoms with E-state index in [9.17, 15) is 18.7 Å². The monoisotopic (exact) mass is 496 g/mol. The molecule has 2 aromatic carbocycles. The fourth-order valence-corrected chi connectivity index (χ4v) is 4.80. The predicted molar refractivity (Wildman–Crippen MR) is 130 cm³/mol. The summed E-state index contributed by atoms with van der Waals surface area (Å²) >= 11 is 1.24. The lowest BCUT2D eigenvalue weighted by atomic mass is 9.98. The maximum absolute atomic E-state index is 14.3. The topological polar surface area (TPSA) is 79.4 Å². The van der Waals surface area contributed by atoms with Crippen LogP contribution >= 0.6 is 11.3 Å². The molecule has 0 unspecified atom stereocenters. The number of aliphatic imine (C=N–C) groups is 1.